The number of imide groups is 1. The van der Waals surface area contributed by atoms with Gasteiger partial charge in [-0.05, 0) is 59.3 Å². The molecule has 0 saturated carbocycles. The summed E-state index contributed by atoms with van der Waals surface area (Å²) in [7, 11) is 0. The summed E-state index contributed by atoms with van der Waals surface area (Å²) in [5.74, 6) is 0.297. The van der Waals surface area contributed by atoms with Crippen LogP contribution < -0.4 is 10.6 Å². The van der Waals surface area contributed by atoms with E-state index in [9.17, 15) is 9.59 Å². The highest BCUT2D eigenvalue weighted by atomic mass is 16.2. The first-order valence-electron chi connectivity index (χ1n) is 9.82. The molecule has 0 aliphatic heterocycles. The normalized spacial score (nSPS) is 10.8. The van der Waals surface area contributed by atoms with Crippen molar-refractivity contribution < 1.29 is 9.59 Å². The van der Waals surface area contributed by atoms with Crippen LogP contribution in [0.5, 0.6) is 0 Å². The number of hydrogen-bond donors (Lipinski definition) is 3. The molecular formula is C25H18N4O2. The number of nitrogens with one attached hydrogen (secondary N) is 3. The molecular weight excluding hydrogens is 388 g/mol. The van der Waals surface area contributed by atoms with Crippen molar-refractivity contribution in [2.24, 2.45) is 0 Å². The molecule has 0 fully saturated rings. The minimum absolute atomic E-state index is 0.425. The molecule has 0 bridgehead atoms. The van der Waals surface area contributed by atoms with Crippen molar-refractivity contribution in [3.63, 3.8) is 0 Å². The summed E-state index contributed by atoms with van der Waals surface area (Å²) in [6, 6.07) is 27.5. The molecule has 1 aromatic heterocycles. The molecule has 0 spiro atoms. The van der Waals surface area contributed by atoms with E-state index in [2.05, 4.69) is 20.6 Å². The standard InChI is InChI=1S/C25H18N4O2/c30-24(19-10-9-16-5-1-2-6-18(16)15-19)29-25(31)26-20-13-11-17(12-14-20)23-27-21-7-3-4-8-22(21)28-23/h1-15H,(H,27,28)(H2,26,29,30,31). The van der Waals surface area contributed by atoms with Crippen molar-refractivity contribution in [2.45, 2.75) is 0 Å². The van der Waals surface area contributed by atoms with Crippen LogP contribution in [0.1, 0.15) is 10.4 Å². The molecule has 0 saturated heterocycles. The number of benzene rings is 4. The lowest BCUT2D eigenvalue weighted by atomic mass is 10.1. The molecule has 0 radical (unpaired) electrons. The van der Waals surface area contributed by atoms with Crippen molar-refractivity contribution >= 4 is 39.4 Å². The number of rotatable bonds is 3. The number of fused-ring (bicyclic) bond motifs is 2. The number of carbonyl (C=O) groups excluding carboxylic acids is 2. The van der Waals surface area contributed by atoms with Crippen molar-refractivity contribution in [2.75, 3.05) is 5.32 Å². The Morgan fingerprint density at radius 1 is 0.774 bits per heavy atom. The molecule has 4 aromatic carbocycles. The van der Waals surface area contributed by atoms with Gasteiger partial charge in [0.1, 0.15) is 5.82 Å². The van der Waals surface area contributed by atoms with E-state index in [0.29, 0.717) is 11.3 Å². The number of hydrogen-bond acceptors (Lipinski definition) is 3. The number of nitrogens with zero attached hydrogens (tertiary/aromatic N) is 1. The molecule has 5 rings (SSSR count). The Bertz CT molecular complexity index is 1390. The molecule has 0 aliphatic carbocycles. The molecule has 5 aromatic rings. The van der Waals surface area contributed by atoms with E-state index >= 15 is 0 Å². The van der Waals surface area contributed by atoms with E-state index < -0.39 is 11.9 Å². The topological polar surface area (TPSA) is 86.9 Å². The second kappa shape index (κ2) is 7.76. The van der Waals surface area contributed by atoms with Gasteiger partial charge >= 0.3 is 6.03 Å². The van der Waals surface area contributed by atoms with Crippen LogP contribution in [0, 0.1) is 0 Å². The van der Waals surface area contributed by atoms with Crippen LogP contribution in [0.3, 0.4) is 0 Å². The summed E-state index contributed by atoms with van der Waals surface area (Å²) >= 11 is 0. The maximum atomic E-state index is 12.4. The van der Waals surface area contributed by atoms with Crippen LogP contribution >= 0.6 is 0 Å². The lowest BCUT2D eigenvalue weighted by Crippen LogP contribution is -2.34. The average molecular weight is 406 g/mol. The van der Waals surface area contributed by atoms with Gasteiger partial charge in [-0.1, -0.05) is 42.5 Å². The zero-order valence-corrected chi connectivity index (χ0v) is 16.4. The second-order valence-electron chi connectivity index (χ2n) is 7.15. The van der Waals surface area contributed by atoms with Crippen LogP contribution in [0.2, 0.25) is 0 Å². The van der Waals surface area contributed by atoms with Crippen LogP contribution in [0.4, 0.5) is 10.5 Å². The fourth-order valence-corrected chi connectivity index (χ4v) is 3.47. The number of carbonyl (C=O) groups is 2. The zero-order valence-electron chi connectivity index (χ0n) is 16.4. The van der Waals surface area contributed by atoms with Gasteiger partial charge in [-0.3, -0.25) is 10.1 Å². The minimum Gasteiger partial charge on any atom is -0.338 e. The molecule has 1 heterocycles. The van der Waals surface area contributed by atoms with Crippen molar-refractivity contribution in [3.8, 4) is 11.4 Å². The lowest BCUT2D eigenvalue weighted by Gasteiger charge is -2.08. The van der Waals surface area contributed by atoms with E-state index in [1.54, 1.807) is 24.3 Å². The van der Waals surface area contributed by atoms with Gasteiger partial charge in [-0.2, -0.15) is 0 Å². The van der Waals surface area contributed by atoms with Crippen molar-refractivity contribution in [1.29, 1.82) is 0 Å². The van der Waals surface area contributed by atoms with Gasteiger partial charge in [-0.25, -0.2) is 9.78 Å². The maximum Gasteiger partial charge on any atom is 0.326 e. The van der Waals surface area contributed by atoms with Crippen LogP contribution in [-0.4, -0.2) is 21.9 Å². The molecule has 6 nitrogen and oxygen atoms in total. The van der Waals surface area contributed by atoms with Crippen LogP contribution in [-0.2, 0) is 0 Å². The fourth-order valence-electron chi connectivity index (χ4n) is 3.47. The van der Waals surface area contributed by atoms with Gasteiger partial charge in [0.2, 0.25) is 0 Å². The van der Waals surface area contributed by atoms with Crippen molar-refractivity contribution in [1.82, 2.24) is 15.3 Å². The van der Waals surface area contributed by atoms with Crippen molar-refractivity contribution in [3.05, 3.63) is 96.6 Å². The summed E-state index contributed by atoms with van der Waals surface area (Å²) < 4.78 is 0. The van der Waals surface area contributed by atoms with Gasteiger partial charge in [0.25, 0.3) is 5.91 Å². The number of imidazole rings is 1. The van der Waals surface area contributed by atoms with Crippen LogP contribution in [0.25, 0.3) is 33.2 Å². The Kier molecular flexibility index (Phi) is 4.65. The lowest BCUT2D eigenvalue weighted by molar-refractivity contribution is 0.0967. The second-order valence-corrected chi connectivity index (χ2v) is 7.15. The molecule has 6 heteroatoms. The number of aromatic amines is 1. The number of anilines is 1. The largest absolute Gasteiger partial charge is 0.338 e. The maximum absolute atomic E-state index is 12.4. The quantitative estimate of drug-likeness (QED) is 0.378. The third-order valence-corrected chi connectivity index (χ3v) is 5.04. The van der Waals surface area contributed by atoms with Crippen LogP contribution in [0.15, 0.2) is 91.0 Å². The molecule has 0 aliphatic rings. The first-order chi connectivity index (χ1) is 15.2. The van der Waals surface area contributed by atoms with Gasteiger partial charge in [0, 0.05) is 16.8 Å². The van der Waals surface area contributed by atoms with Gasteiger partial charge in [0.15, 0.2) is 0 Å². The zero-order chi connectivity index (χ0) is 21.2. The molecule has 0 atom stereocenters. The van der Waals surface area contributed by atoms with Gasteiger partial charge in [0.05, 0.1) is 11.0 Å². The predicted octanol–water partition coefficient (Wildman–Crippen LogP) is 5.35. The molecule has 0 unspecified atom stereocenters. The summed E-state index contributed by atoms with van der Waals surface area (Å²) in [5, 5.41) is 7.03. The number of H-pyrrole nitrogens is 1. The molecule has 3 N–H and O–H groups in total. The smallest absolute Gasteiger partial charge is 0.326 e. The average Bonchev–Trinajstić information content (AvgIpc) is 3.23. The number of para-hydroxylation sites is 2. The van der Waals surface area contributed by atoms with Gasteiger partial charge in [-0.15, -0.1) is 0 Å². The van der Waals surface area contributed by atoms with E-state index in [-0.39, 0.29) is 0 Å². The van der Waals surface area contributed by atoms with E-state index in [1.807, 2.05) is 66.7 Å². The number of aromatic nitrogens is 2. The predicted molar refractivity (Wildman–Crippen MR) is 122 cm³/mol. The Morgan fingerprint density at radius 3 is 2.32 bits per heavy atom. The molecule has 150 valence electrons. The number of urea groups is 1. The summed E-state index contributed by atoms with van der Waals surface area (Å²) in [4.78, 5) is 32.5. The summed E-state index contributed by atoms with van der Waals surface area (Å²) in [6.45, 7) is 0. The van der Waals surface area contributed by atoms with E-state index in [4.69, 9.17) is 0 Å². The molecule has 3 amide bonds. The third-order valence-electron chi connectivity index (χ3n) is 5.04. The fraction of sp³-hybridized carbons (Fsp3) is 0. The number of amides is 3. The Hall–Kier alpha value is -4.45. The minimum atomic E-state index is -0.588. The van der Waals surface area contributed by atoms with E-state index in [0.717, 1.165) is 33.2 Å². The highest BCUT2D eigenvalue weighted by Crippen LogP contribution is 2.22. The monoisotopic (exact) mass is 406 g/mol. The summed E-state index contributed by atoms with van der Waals surface area (Å²) in [5.41, 5.74) is 3.75. The molecule has 31 heavy (non-hydrogen) atoms. The Labute approximate surface area is 177 Å². The highest BCUT2D eigenvalue weighted by molar-refractivity contribution is 6.09. The highest BCUT2D eigenvalue weighted by Gasteiger charge is 2.11. The Balaban J connectivity index is 1.26. The third kappa shape index (κ3) is 3.86. The first kappa shape index (κ1) is 18.6. The van der Waals surface area contributed by atoms with Gasteiger partial charge < -0.3 is 10.3 Å². The Morgan fingerprint density at radius 2 is 1.52 bits per heavy atom. The summed E-state index contributed by atoms with van der Waals surface area (Å²) in [6.07, 6.45) is 0. The SMILES string of the molecule is O=C(NC(=O)c1ccc2ccccc2c1)Nc1ccc(-c2nc3ccccc3[nH]2)cc1. The van der Waals surface area contributed by atoms with E-state index in [1.165, 1.54) is 0 Å². The first-order valence-corrected chi connectivity index (χ1v) is 9.82.